The Balaban J connectivity index is 1.79. The minimum Gasteiger partial charge on any atom is -0.224 e. The Bertz CT molecular complexity index is 614. The number of allylic oxidation sites excluding steroid dienone is 2. The SMILES string of the molecule is C[C@H]1CCC2=C(CCC2CS(=O)(=O)c2ccccc2)C1. The van der Waals surface area contributed by atoms with Crippen molar-refractivity contribution in [1.29, 1.82) is 0 Å². The number of hydrogen-bond donors (Lipinski definition) is 0. The fraction of sp³-hybridized carbons (Fsp3) is 0.529. The molecule has 1 aromatic rings. The topological polar surface area (TPSA) is 34.1 Å². The molecule has 0 radical (unpaired) electrons. The van der Waals surface area contributed by atoms with Crippen LogP contribution in [0.4, 0.5) is 0 Å². The van der Waals surface area contributed by atoms with Crippen molar-refractivity contribution in [2.45, 2.75) is 43.9 Å². The Labute approximate surface area is 121 Å². The highest BCUT2D eigenvalue weighted by atomic mass is 32.2. The Kier molecular flexibility index (Phi) is 3.72. The van der Waals surface area contributed by atoms with Crippen molar-refractivity contribution in [2.24, 2.45) is 11.8 Å². The Morgan fingerprint density at radius 1 is 1.10 bits per heavy atom. The van der Waals surface area contributed by atoms with Gasteiger partial charge in [-0.3, -0.25) is 0 Å². The maximum atomic E-state index is 12.5. The van der Waals surface area contributed by atoms with Crippen LogP contribution >= 0.6 is 0 Å². The molecule has 108 valence electrons. The maximum absolute atomic E-state index is 12.5. The molecule has 0 saturated carbocycles. The normalized spacial score (nSPS) is 26.6. The standard InChI is InChI=1S/C17H22O2S/c1-13-7-10-17-14(11-13)8-9-15(17)12-20(18,19)16-5-3-2-4-6-16/h2-6,13,15H,7-12H2,1H3/t13-,15?/m0/s1. The fourth-order valence-electron chi connectivity index (χ4n) is 3.68. The van der Waals surface area contributed by atoms with Crippen LogP contribution in [0.3, 0.4) is 0 Å². The molecule has 20 heavy (non-hydrogen) atoms. The third-order valence-corrected chi connectivity index (χ3v) is 6.60. The van der Waals surface area contributed by atoms with Crippen molar-refractivity contribution in [3.63, 3.8) is 0 Å². The van der Waals surface area contributed by atoms with Crippen LogP contribution in [0.15, 0.2) is 46.4 Å². The number of rotatable bonds is 3. The van der Waals surface area contributed by atoms with Crippen molar-refractivity contribution >= 4 is 9.84 Å². The van der Waals surface area contributed by atoms with Gasteiger partial charge in [-0.1, -0.05) is 36.3 Å². The zero-order valence-electron chi connectivity index (χ0n) is 12.0. The Morgan fingerprint density at radius 2 is 1.85 bits per heavy atom. The van der Waals surface area contributed by atoms with Crippen molar-refractivity contribution in [2.75, 3.05) is 5.75 Å². The summed E-state index contributed by atoms with van der Waals surface area (Å²) in [5.41, 5.74) is 3.04. The summed E-state index contributed by atoms with van der Waals surface area (Å²) in [7, 11) is -3.14. The first kappa shape index (κ1) is 13.9. The highest BCUT2D eigenvalue weighted by Gasteiger charge is 2.32. The molecule has 0 N–H and O–H groups in total. The molecule has 3 heteroatoms. The summed E-state index contributed by atoms with van der Waals surface area (Å²) in [5, 5.41) is 0. The molecule has 2 atom stereocenters. The van der Waals surface area contributed by atoms with E-state index in [0.29, 0.717) is 10.6 Å². The predicted molar refractivity (Wildman–Crippen MR) is 81.3 cm³/mol. The first-order valence-electron chi connectivity index (χ1n) is 7.55. The molecular weight excluding hydrogens is 268 g/mol. The second-order valence-electron chi connectivity index (χ2n) is 6.31. The number of hydrogen-bond acceptors (Lipinski definition) is 2. The van der Waals surface area contributed by atoms with E-state index in [2.05, 4.69) is 6.92 Å². The van der Waals surface area contributed by atoms with Crippen molar-refractivity contribution in [3.8, 4) is 0 Å². The van der Waals surface area contributed by atoms with Crippen LogP contribution in [0.25, 0.3) is 0 Å². The van der Waals surface area contributed by atoms with Gasteiger partial charge in [0, 0.05) is 0 Å². The quantitative estimate of drug-likeness (QED) is 0.789. The van der Waals surface area contributed by atoms with Gasteiger partial charge in [0.15, 0.2) is 9.84 Å². The molecule has 2 nitrogen and oxygen atoms in total. The van der Waals surface area contributed by atoms with Gasteiger partial charge in [0.1, 0.15) is 0 Å². The van der Waals surface area contributed by atoms with Crippen LogP contribution in [-0.2, 0) is 9.84 Å². The van der Waals surface area contributed by atoms with Gasteiger partial charge >= 0.3 is 0 Å². The lowest BCUT2D eigenvalue weighted by Gasteiger charge is -2.23. The van der Waals surface area contributed by atoms with E-state index in [-0.39, 0.29) is 5.92 Å². The summed E-state index contributed by atoms with van der Waals surface area (Å²) in [6.07, 6.45) is 5.68. The summed E-state index contributed by atoms with van der Waals surface area (Å²) < 4.78 is 25.0. The summed E-state index contributed by atoms with van der Waals surface area (Å²) in [4.78, 5) is 0.471. The second kappa shape index (κ2) is 5.36. The zero-order valence-corrected chi connectivity index (χ0v) is 12.8. The molecule has 0 spiro atoms. The Hall–Kier alpha value is -1.09. The van der Waals surface area contributed by atoms with Crippen LogP contribution in [0.1, 0.15) is 39.0 Å². The molecule has 1 aromatic carbocycles. The van der Waals surface area contributed by atoms with Gasteiger partial charge in [-0.05, 0) is 56.1 Å². The average molecular weight is 290 g/mol. The molecular formula is C17H22O2S. The fourth-order valence-corrected chi connectivity index (χ4v) is 5.35. The highest BCUT2D eigenvalue weighted by Crippen LogP contribution is 2.43. The second-order valence-corrected chi connectivity index (χ2v) is 8.34. The van der Waals surface area contributed by atoms with Gasteiger partial charge < -0.3 is 0 Å². The lowest BCUT2D eigenvalue weighted by Crippen LogP contribution is -2.18. The molecule has 0 amide bonds. The van der Waals surface area contributed by atoms with E-state index in [1.807, 2.05) is 6.07 Å². The highest BCUT2D eigenvalue weighted by molar-refractivity contribution is 7.91. The van der Waals surface area contributed by atoms with E-state index in [1.165, 1.54) is 18.4 Å². The number of benzene rings is 1. The monoisotopic (exact) mass is 290 g/mol. The largest absolute Gasteiger partial charge is 0.224 e. The molecule has 0 aliphatic heterocycles. The summed E-state index contributed by atoms with van der Waals surface area (Å²) in [5.74, 6) is 1.34. The van der Waals surface area contributed by atoms with Crippen LogP contribution in [0.2, 0.25) is 0 Å². The Morgan fingerprint density at radius 3 is 2.60 bits per heavy atom. The van der Waals surface area contributed by atoms with Gasteiger partial charge in [-0.15, -0.1) is 0 Å². The molecule has 1 unspecified atom stereocenters. The molecule has 0 saturated heterocycles. The van der Waals surface area contributed by atoms with E-state index in [9.17, 15) is 8.42 Å². The average Bonchev–Trinajstić information content (AvgIpc) is 2.81. The summed E-state index contributed by atoms with van der Waals surface area (Å²) >= 11 is 0. The lowest BCUT2D eigenvalue weighted by atomic mass is 9.84. The van der Waals surface area contributed by atoms with E-state index in [0.717, 1.165) is 25.2 Å². The molecule has 3 rings (SSSR count). The van der Waals surface area contributed by atoms with Gasteiger partial charge in [-0.25, -0.2) is 8.42 Å². The lowest BCUT2D eigenvalue weighted by molar-refractivity contribution is 0.486. The van der Waals surface area contributed by atoms with E-state index < -0.39 is 9.84 Å². The molecule has 0 fully saturated rings. The molecule has 0 aromatic heterocycles. The smallest absolute Gasteiger partial charge is 0.178 e. The van der Waals surface area contributed by atoms with Crippen LogP contribution in [0, 0.1) is 11.8 Å². The minimum absolute atomic E-state index is 0.266. The van der Waals surface area contributed by atoms with Crippen molar-refractivity contribution in [1.82, 2.24) is 0 Å². The van der Waals surface area contributed by atoms with E-state index >= 15 is 0 Å². The zero-order chi connectivity index (χ0) is 14.2. The molecule has 0 heterocycles. The van der Waals surface area contributed by atoms with Gasteiger partial charge in [0.2, 0.25) is 0 Å². The third-order valence-electron chi connectivity index (χ3n) is 4.77. The predicted octanol–water partition coefficient (Wildman–Crippen LogP) is 3.99. The van der Waals surface area contributed by atoms with Gasteiger partial charge in [-0.2, -0.15) is 0 Å². The summed E-state index contributed by atoms with van der Waals surface area (Å²) in [6, 6.07) is 8.88. The van der Waals surface area contributed by atoms with Crippen molar-refractivity contribution < 1.29 is 8.42 Å². The first-order valence-corrected chi connectivity index (χ1v) is 9.20. The van der Waals surface area contributed by atoms with E-state index in [1.54, 1.807) is 29.8 Å². The number of sulfone groups is 1. The molecule has 2 aliphatic rings. The third kappa shape index (κ3) is 2.69. The van der Waals surface area contributed by atoms with E-state index in [4.69, 9.17) is 0 Å². The summed E-state index contributed by atoms with van der Waals surface area (Å²) in [6.45, 7) is 2.30. The maximum Gasteiger partial charge on any atom is 0.178 e. The van der Waals surface area contributed by atoms with Gasteiger partial charge in [0.05, 0.1) is 10.6 Å². The van der Waals surface area contributed by atoms with Gasteiger partial charge in [0.25, 0.3) is 0 Å². The molecule has 2 aliphatic carbocycles. The van der Waals surface area contributed by atoms with Crippen LogP contribution in [0.5, 0.6) is 0 Å². The van der Waals surface area contributed by atoms with Crippen LogP contribution in [-0.4, -0.2) is 14.2 Å². The first-order chi connectivity index (χ1) is 9.56. The molecule has 0 bridgehead atoms. The minimum atomic E-state index is -3.14. The van der Waals surface area contributed by atoms with Crippen LogP contribution < -0.4 is 0 Å². The van der Waals surface area contributed by atoms with Crippen molar-refractivity contribution in [3.05, 3.63) is 41.5 Å².